The van der Waals surface area contributed by atoms with Gasteiger partial charge in [0.25, 0.3) is 0 Å². The lowest BCUT2D eigenvalue weighted by Gasteiger charge is -2.72. The van der Waals surface area contributed by atoms with Gasteiger partial charge in [-0.05, 0) is 92.8 Å². The number of carbonyl (C=O) groups excluding carboxylic acids is 4. The summed E-state index contributed by atoms with van der Waals surface area (Å²) in [5, 5.41) is 143. The number of allylic oxidation sites excluding steroid dienone is 3. The minimum absolute atomic E-state index is 0.0722. The molecule has 0 amide bonds. The number of aliphatic hydroxyl groups is 12. The molecule has 5 aliphatic carbocycles. The Morgan fingerprint density at radius 2 is 1.23 bits per heavy atom. The molecule has 0 aromatic rings. The van der Waals surface area contributed by atoms with Crippen molar-refractivity contribution in [1.29, 1.82) is 0 Å². The molecule has 29 heteroatoms. The maximum atomic E-state index is 14.3. The van der Waals surface area contributed by atoms with Gasteiger partial charge in [0.05, 0.1) is 36.8 Å². The van der Waals surface area contributed by atoms with Crippen LogP contribution in [0, 0.1) is 50.2 Å². The normalized spacial score (nSPS) is 49.7. The first-order valence-electron chi connectivity index (χ1n) is 31.3. The van der Waals surface area contributed by atoms with E-state index in [2.05, 4.69) is 26.8 Å². The van der Waals surface area contributed by atoms with Gasteiger partial charge in [-0.2, -0.15) is 0 Å². The maximum Gasteiger partial charge on any atom is 0.335 e. The van der Waals surface area contributed by atoms with E-state index in [4.69, 9.17) is 52.1 Å². The SMILES string of the molecule is CC=C(C)C(=O)OC1C(O)C2(COC(C)=O)C(OC(C)=O)CC3(C)C(=CCC4C5(C)CCC(OC6OC(C(=O)O)C(O)C(OC7OCC(O)C(O)C7OC7OC(CO)C(O)C(O)C7O)C6OC6OC(CO)C(O)C(O)C6O)C(C)(C=O)C5CCC43C)C2CC1(C)C. The van der Waals surface area contributed by atoms with Gasteiger partial charge in [0.15, 0.2) is 31.3 Å². The van der Waals surface area contributed by atoms with E-state index in [0.717, 1.165) is 11.9 Å². The summed E-state index contributed by atoms with van der Waals surface area (Å²) >= 11 is 0. The standard InChI is InChI=1S/C62H94O29/c1-11-25(2)52(80)91-50-49(77)62(24-82-26(3)66)29(18-57(50,5)6)28-12-13-34-58(7)16-15-35(59(8,23-65)33(58)14-17-60(34,9)61(28,10)19-36(62)83-27(4)67)86-56-48(90-54-43(75)41(73)39(71)32(21-64)85-54)45(44(76)46(88-56)51(78)79)87-55-47(37(69)30(68)22-81-55)89-53-42(74)40(72)38(70)31(20-63)84-53/h11-12,23,29-50,53-56,63-64,68-77H,13-22,24H2,1-10H3,(H,78,79). The van der Waals surface area contributed by atoms with Gasteiger partial charge >= 0.3 is 23.9 Å². The lowest BCUT2D eigenvalue weighted by Crippen LogP contribution is -2.72. The van der Waals surface area contributed by atoms with Crippen LogP contribution in [0.15, 0.2) is 23.3 Å². The summed E-state index contributed by atoms with van der Waals surface area (Å²) in [4.78, 5) is 67.2. The topological polar surface area (TPSA) is 450 Å². The second-order valence-electron chi connectivity index (χ2n) is 28.3. The molecular formula is C62H94O29. The first-order chi connectivity index (χ1) is 42.6. The summed E-state index contributed by atoms with van der Waals surface area (Å²) in [7, 11) is 0. The average molecular weight is 1300 g/mol. The molecule has 516 valence electrons. The van der Waals surface area contributed by atoms with Gasteiger partial charge in [0.2, 0.25) is 0 Å². The molecule has 13 N–H and O–H groups in total. The number of carboxylic acid groups (broad SMARTS) is 1. The van der Waals surface area contributed by atoms with E-state index < -0.39 is 229 Å². The number of carboxylic acids is 1. The minimum atomic E-state index is -2.33. The molecule has 9 aliphatic rings. The van der Waals surface area contributed by atoms with Gasteiger partial charge in [0, 0.05) is 24.8 Å². The molecule has 4 heterocycles. The number of hydrogen-bond acceptors (Lipinski definition) is 28. The molecule has 9 rings (SSSR count). The Morgan fingerprint density at radius 3 is 1.78 bits per heavy atom. The fourth-order valence-corrected chi connectivity index (χ4v) is 17.5. The third-order valence-corrected chi connectivity index (χ3v) is 22.9. The highest BCUT2D eigenvalue weighted by Gasteiger charge is 2.75. The molecule has 0 spiro atoms. The number of aliphatic hydroxyl groups excluding tert-OH is 12. The van der Waals surface area contributed by atoms with E-state index in [0.29, 0.717) is 37.7 Å². The van der Waals surface area contributed by atoms with E-state index in [1.165, 1.54) is 13.8 Å². The van der Waals surface area contributed by atoms with E-state index in [9.17, 15) is 90.4 Å². The van der Waals surface area contributed by atoms with Crippen LogP contribution in [0.2, 0.25) is 0 Å². The van der Waals surface area contributed by atoms with Gasteiger partial charge in [0.1, 0.15) is 117 Å². The third kappa shape index (κ3) is 12.2. The Labute approximate surface area is 526 Å². The van der Waals surface area contributed by atoms with Crippen molar-refractivity contribution in [3.8, 4) is 0 Å². The van der Waals surface area contributed by atoms with E-state index in [1.807, 2.05) is 13.8 Å². The lowest BCUT2D eigenvalue weighted by molar-refractivity contribution is -0.400. The molecule has 4 aliphatic heterocycles. The molecule has 91 heavy (non-hydrogen) atoms. The highest BCUT2D eigenvalue weighted by molar-refractivity contribution is 5.87. The van der Waals surface area contributed by atoms with Crippen molar-refractivity contribution < 1.29 is 142 Å². The van der Waals surface area contributed by atoms with Crippen molar-refractivity contribution in [2.24, 2.45) is 50.2 Å². The summed E-state index contributed by atoms with van der Waals surface area (Å²) in [5.41, 5.74) is -4.75. The van der Waals surface area contributed by atoms with Gasteiger partial charge in [-0.15, -0.1) is 0 Å². The second-order valence-corrected chi connectivity index (χ2v) is 28.3. The monoisotopic (exact) mass is 1300 g/mol. The van der Waals surface area contributed by atoms with Crippen LogP contribution in [0.5, 0.6) is 0 Å². The Balaban J connectivity index is 1.07. The number of aliphatic carboxylic acids is 1. The fraction of sp³-hybridized carbons (Fsp3) is 0.855. The zero-order valence-corrected chi connectivity index (χ0v) is 52.9. The first-order valence-corrected chi connectivity index (χ1v) is 31.3. The molecule has 0 aromatic carbocycles. The number of carbonyl (C=O) groups is 5. The summed E-state index contributed by atoms with van der Waals surface area (Å²) in [5.74, 6) is -5.05. The van der Waals surface area contributed by atoms with Gasteiger partial charge in [-0.25, -0.2) is 9.59 Å². The van der Waals surface area contributed by atoms with Crippen molar-refractivity contribution >= 4 is 30.2 Å². The molecule has 0 aromatic heterocycles. The van der Waals surface area contributed by atoms with Crippen LogP contribution in [0.1, 0.15) is 114 Å². The number of fused-ring (bicyclic) bond motifs is 7. The predicted molar refractivity (Wildman–Crippen MR) is 304 cm³/mol. The van der Waals surface area contributed by atoms with Crippen molar-refractivity contribution in [3.63, 3.8) is 0 Å². The largest absolute Gasteiger partial charge is 0.479 e. The van der Waals surface area contributed by atoms with Crippen molar-refractivity contribution in [2.75, 3.05) is 26.4 Å². The Bertz CT molecular complexity index is 2720. The van der Waals surface area contributed by atoms with Gasteiger partial charge in [-0.1, -0.05) is 59.3 Å². The van der Waals surface area contributed by atoms with E-state index >= 15 is 0 Å². The highest BCUT2D eigenvalue weighted by atomic mass is 16.8. The fourth-order valence-electron chi connectivity index (χ4n) is 17.5. The molecule has 31 unspecified atom stereocenters. The summed E-state index contributed by atoms with van der Waals surface area (Å²) < 4.78 is 66.8. The predicted octanol–water partition coefficient (Wildman–Crippen LogP) is -2.08. The van der Waals surface area contributed by atoms with Crippen LogP contribution in [-0.2, 0) is 76.1 Å². The Kier molecular flexibility index (Phi) is 21.0. The molecule has 4 saturated heterocycles. The number of rotatable bonds is 17. The van der Waals surface area contributed by atoms with Crippen LogP contribution >= 0.6 is 0 Å². The maximum absolute atomic E-state index is 14.3. The molecule has 31 atom stereocenters. The molecule has 4 saturated carbocycles. The van der Waals surface area contributed by atoms with Crippen LogP contribution in [0.4, 0.5) is 0 Å². The van der Waals surface area contributed by atoms with Crippen LogP contribution in [0.3, 0.4) is 0 Å². The van der Waals surface area contributed by atoms with Crippen LogP contribution < -0.4 is 0 Å². The van der Waals surface area contributed by atoms with Crippen molar-refractivity contribution in [1.82, 2.24) is 0 Å². The molecule has 0 bridgehead atoms. The summed E-state index contributed by atoms with van der Waals surface area (Å²) in [6, 6.07) is 0. The lowest BCUT2D eigenvalue weighted by atomic mass is 9.33. The second kappa shape index (κ2) is 26.7. The van der Waals surface area contributed by atoms with Crippen molar-refractivity contribution in [2.45, 2.75) is 255 Å². The Morgan fingerprint density at radius 1 is 0.637 bits per heavy atom. The molecular weight excluding hydrogens is 1210 g/mol. The zero-order valence-electron chi connectivity index (χ0n) is 52.9. The number of esters is 3. The molecule has 0 radical (unpaired) electrons. The first kappa shape index (κ1) is 71.5. The zero-order chi connectivity index (χ0) is 67.2. The number of ether oxygens (including phenoxy) is 11. The van der Waals surface area contributed by atoms with Crippen LogP contribution in [0.25, 0.3) is 0 Å². The third-order valence-electron chi connectivity index (χ3n) is 22.9. The summed E-state index contributed by atoms with van der Waals surface area (Å²) in [6.45, 7) is 14.8. The van der Waals surface area contributed by atoms with Gasteiger partial charge < -0.3 is 123 Å². The summed E-state index contributed by atoms with van der Waals surface area (Å²) in [6.07, 6.45) is -36.0. The number of hydrogen-bond donors (Lipinski definition) is 13. The quantitative estimate of drug-likeness (QED) is 0.0186. The average Bonchev–Trinajstić information content (AvgIpc) is 0.669. The highest BCUT2D eigenvalue weighted by Crippen LogP contribution is 2.76. The molecule has 8 fully saturated rings. The van der Waals surface area contributed by atoms with E-state index in [1.54, 1.807) is 26.8 Å². The molecule has 29 nitrogen and oxygen atoms in total. The van der Waals surface area contributed by atoms with Gasteiger partial charge in [-0.3, -0.25) is 9.59 Å². The van der Waals surface area contributed by atoms with Crippen molar-refractivity contribution in [3.05, 3.63) is 23.3 Å². The number of aldehydes is 1. The van der Waals surface area contributed by atoms with Crippen LogP contribution in [-0.4, -0.2) is 264 Å². The smallest absolute Gasteiger partial charge is 0.335 e. The van der Waals surface area contributed by atoms with E-state index in [-0.39, 0.29) is 25.4 Å². The Hall–Kier alpha value is -3.77. The minimum Gasteiger partial charge on any atom is -0.479 e.